The highest BCUT2D eigenvalue weighted by atomic mass is 14.9. The Kier molecular flexibility index (Phi) is 3.15. The summed E-state index contributed by atoms with van der Waals surface area (Å²) in [4.78, 5) is 4.42. The molecule has 1 aromatic rings. The molecule has 1 N–H and O–H groups in total. The van der Waals surface area contributed by atoms with Gasteiger partial charge in [-0.1, -0.05) is 6.07 Å². The van der Waals surface area contributed by atoms with Crippen LogP contribution in [0.3, 0.4) is 0 Å². The Morgan fingerprint density at radius 2 is 1.94 bits per heavy atom. The van der Waals surface area contributed by atoms with Crippen molar-refractivity contribution in [1.29, 1.82) is 0 Å². The van der Waals surface area contributed by atoms with Crippen LogP contribution in [0.2, 0.25) is 0 Å². The van der Waals surface area contributed by atoms with Crippen LogP contribution in [0, 0.1) is 17.8 Å². The van der Waals surface area contributed by atoms with E-state index in [2.05, 4.69) is 29.4 Å². The lowest BCUT2D eigenvalue weighted by atomic mass is 9.97. The van der Waals surface area contributed by atoms with E-state index in [0.717, 1.165) is 23.4 Å². The van der Waals surface area contributed by atoms with E-state index in [-0.39, 0.29) is 0 Å². The monoisotopic (exact) mass is 230 g/mol. The van der Waals surface area contributed by atoms with Crippen molar-refractivity contribution in [3.05, 3.63) is 30.1 Å². The van der Waals surface area contributed by atoms with Gasteiger partial charge >= 0.3 is 0 Å². The molecular formula is C15H22N2. The summed E-state index contributed by atoms with van der Waals surface area (Å²) < 4.78 is 0. The van der Waals surface area contributed by atoms with E-state index in [9.17, 15) is 0 Å². The first-order valence-corrected chi connectivity index (χ1v) is 6.99. The van der Waals surface area contributed by atoms with Crippen LogP contribution < -0.4 is 5.32 Å². The van der Waals surface area contributed by atoms with E-state index in [1.54, 1.807) is 0 Å². The Labute approximate surface area is 104 Å². The summed E-state index contributed by atoms with van der Waals surface area (Å²) in [6.07, 6.45) is 7.77. The van der Waals surface area contributed by atoms with Gasteiger partial charge < -0.3 is 5.32 Å². The normalized spacial score (nSPS) is 21.8. The van der Waals surface area contributed by atoms with E-state index in [4.69, 9.17) is 0 Å². The average molecular weight is 230 g/mol. The van der Waals surface area contributed by atoms with Crippen molar-refractivity contribution < 1.29 is 0 Å². The van der Waals surface area contributed by atoms with Crippen molar-refractivity contribution in [3.8, 4) is 0 Å². The molecule has 3 rings (SSSR count). The first-order chi connectivity index (χ1) is 8.34. The van der Waals surface area contributed by atoms with Crippen LogP contribution in [0.1, 0.15) is 44.3 Å². The summed E-state index contributed by atoms with van der Waals surface area (Å²) in [5.41, 5.74) is 1.16. The van der Waals surface area contributed by atoms with Gasteiger partial charge in [-0.15, -0.1) is 0 Å². The summed E-state index contributed by atoms with van der Waals surface area (Å²) >= 11 is 0. The smallest absolute Gasteiger partial charge is 0.0570 e. The van der Waals surface area contributed by atoms with Crippen molar-refractivity contribution in [3.63, 3.8) is 0 Å². The van der Waals surface area contributed by atoms with Crippen LogP contribution in [0.5, 0.6) is 0 Å². The van der Waals surface area contributed by atoms with Crippen LogP contribution in [0.25, 0.3) is 0 Å². The molecule has 0 aromatic carbocycles. The van der Waals surface area contributed by atoms with E-state index < -0.39 is 0 Å². The van der Waals surface area contributed by atoms with Crippen molar-refractivity contribution in [1.82, 2.24) is 10.3 Å². The molecule has 0 saturated heterocycles. The lowest BCUT2D eigenvalue weighted by molar-refractivity contribution is 0.360. The molecule has 1 atom stereocenters. The van der Waals surface area contributed by atoms with Crippen molar-refractivity contribution in [2.75, 3.05) is 6.54 Å². The third-order valence-corrected chi connectivity index (χ3v) is 4.25. The molecule has 0 aliphatic heterocycles. The third kappa shape index (κ3) is 2.86. The molecule has 1 aromatic heterocycles. The second-order valence-corrected chi connectivity index (χ2v) is 5.72. The zero-order valence-corrected chi connectivity index (χ0v) is 10.6. The maximum Gasteiger partial charge on any atom is 0.0570 e. The third-order valence-electron chi connectivity index (χ3n) is 4.25. The standard InChI is InChI=1S/C15H22N2/c1-11(15-4-2-3-9-16-15)17-10-14(12-5-6-12)13-7-8-13/h2-4,9,11-14,17H,5-8,10H2,1H3. The SMILES string of the molecule is CC(NCC(C1CC1)C1CC1)c1ccccn1. The van der Waals surface area contributed by atoms with Gasteiger partial charge in [0.25, 0.3) is 0 Å². The Balaban J connectivity index is 1.52. The van der Waals surface area contributed by atoms with Gasteiger partial charge in [-0.2, -0.15) is 0 Å². The lowest BCUT2D eigenvalue weighted by Gasteiger charge is -2.20. The topological polar surface area (TPSA) is 24.9 Å². The zero-order valence-electron chi connectivity index (χ0n) is 10.6. The predicted molar refractivity (Wildman–Crippen MR) is 69.6 cm³/mol. The highest BCUT2D eigenvalue weighted by molar-refractivity contribution is 5.07. The minimum atomic E-state index is 0.385. The maximum atomic E-state index is 4.42. The molecule has 2 aliphatic rings. The molecule has 2 nitrogen and oxygen atoms in total. The van der Waals surface area contributed by atoms with Gasteiger partial charge in [-0.3, -0.25) is 4.98 Å². The molecule has 0 spiro atoms. The molecule has 2 saturated carbocycles. The summed E-state index contributed by atoms with van der Waals surface area (Å²) in [5, 5.41) is 3.68. The highest BCUT2D eigenvalue weighted by Crippen LogP contribution is 2.48. The maximum absolute atomic E-state index is 4.42. The van der Waals surface area contributed by atoms with Gasteiger partial charge in [-0.05, 0) is 69.0 Å². The number of nitrogens with zero attached hydrogens (tertiary/aromatic N) is 1. The number of aromatic nitrogens is 1. The largest absolute Gasteiger partial charge is 0.309 e. The molecule has 2 fully saturated rings. The fourth-order valence-electron chi connectivity index (χ4n) is 2.82. The van der Waals surface area contributed by atoms with Gasteiger partial charge in [0.15, 0.2) is 0 Å². The quantitative estimate of drug-likeness (QED) is 0.812. The second-order valence-electron chi connectivity index (χ2n) is 5.72. The second kappa shape index (κ2) is 4.77. The summed E-state index contributed by atoms with van der Waals surface area (Å²) in [6, 6.07) is 6.55. The molecule has 17 heavy (non-hydrogen) atoms. The van der Waals surface area contributed by atoms with E-state index in [1.807, 2.05) is 12.3 Å². The fraction of sp³-hybridized carbons (Fsp3) is 0.667. The minimum absolute atomic E-state index is 0.385. The van der Waals surface area contributed by atoms with Gasteiger partial charge in [-0.25, -0.2) is 0 Å². The zero-order chi connectivity index (χ0) is 11.7. The van der Waals surface area contributed by atoms with E-state index in [0.29, 0.717) is 6.04 Å². The Hall–Kier alpha value is -0.890. The first kappa shape index (κ1) is 11.2. The fourth-order valence-corrected chi connectivity index (χ4v) is 2.82. The van der Waals surface area contributed by atoms with Crippen LogP contribution in [-0.2, 0) is 0 Å². The minimum Gasteiger partial charge on any atom is -0.309 e. The number of hydrogen-bond donors (Lipinski definition) is 1. The van der Waals surface area contributed by atoms with Gasteiger partial charge in [0.05, 0.1) is 5.69 Å². The van der Waals surface area contributed by atoms with Crippen molar-refractivity contribution in [2.24, 2.45) is 17.8 Å². The molecule has 0 radical (unpaired) electrons. The van der Waals surface area contributed by atoms with Crippen molar-refractivity contribution in [2.45, 2.75) is 38.6 Å². The molecule has 2 heteroatoms. The summed E-state index contributed by atoms with van der Waals surface area (Å²) in [5.74, 6) is 3.01. The highest BCUT2D eigenvalue weighted by Gasteiger charge is 2.41. The van der Waals surface area contributed by atoms with Crippen LogP contribution >= 0.6 is 0 Å². The number of nitrogens with one attached hydrogen (secondary N) is 1. The molecule has 1 unspecified atom stereocenters. The van der Waals surface area contributed by atoms with Gasteiger partial charge in [0, 0.05) is 12.2 Å². The molecular weight excluding hydrogens is 208 g/mol. The van der Waals surface area contributed by atoms with E-state index >= 15 is 0 Å². The Morgan fingerprint density at radius 1 is 1.24 bits per heavy atom. The first-order valence-electron chi connectivity index (χ1n) is 6.99. The molecule has 0 amide bonds. The summed E-state index contributed by atoms with van der Waals surface area (Å²) in [7, 11) is 0. The average Bonchev–Trinajstić information content (AvgIpc) is 3.24. The Bertz CT molecular complexity index is 342. The van der Waals surface area contributed by atoms with Crippen LogP contribution in [-0.4, -0.2) is 11.5 Å². The molecule has 92 valence electrons. The predicted octanol–water partition coefficient (Wildman–Crippen LogP) is 3.17. The van der Waals surface area contributed by atoms with Crippen LogP contribution in [0.15, 0.2) is 24.4 Å². The lowest BCUT2D eigenvalue weighted by Crippen LogP contribution is -2.28. The Morgan fingerprint density at radius 3 is 2.47 bits per heavy atom. The molecule has 1 heterocycles. The van der Waals surface area contributed by atoms with E-state index in [1.165, 1.54) is 32.2 Å². The van der Waals surface area contributed by atoms with Crippen LogP contribution in [0.4, 0.5) is 0 Å². The number of hydrogen-bond acceptors (Lipinski definition) is 2. The molecule has 0 bridgehead atoms. The van der Waals surface area contributed by atoms with Gasteiger partial charge in [0.1, 0.15) is 0 Å². The van der Waals surface area contributed by atoms with Crippen molar-refractivity contribution >= 4 is 0 Å². The number of pyridine rings is 1. The molecule has 2 aliphatic carbocycles. The summed E-state index contributed by atoms with van der Waals surface area (Å²) in [6.45, 7) is 3.41. The van der Waals surface area contributed by atoms with Gasteiger partial charge in [0.2, 0.25) is 0 Å². The number of rotatable bonds is 6.